The first kappa shape index (κ1) is 14.0. The van der Waals surface area contributed by atoms with Gasteiger partial charge in [0.05, 0.1) is 0 Å². The highest BCUT2D eigenvalue weighted by Gasteiger charge is 2.27. The molecule has 0 spiro atoms. The van der Waals surface area contributed by atoms with E-state index in [4.69, 9.17) is 0 Å². The van der Waals surface area contributed by atoms with E-state index in [1.165, 1.54) is 25.0 Å². The molecule has 104 valence electrons. The van der Waals surface area contributed by atoms with E-state index in [0.29, 0.717) is 17.7 Å². The van der Waals surface area contributed by atoms with Gasteiger partial charge < -0.3 is 5.32 Å². The van der Waals surface area contributed by atoms with Crippen LogP contribution in [0.5, 0.6) is 0 Å². The molecule has 0 aromatic heterocycles. The highest BCUT2D eigenvalue weighted by atomic mass is 19.1. The van der Waals surface area contributed by atoms with Crippen molar-refractivity contribution < 1.29 is 9.18 Å². The van der Waals surface area contributed by atoms with Gasteiger partial charge in [0.25, 0.3) is 5.91 Å². The van der Waals surface area contributed by atoms with Gasteiger partial charge in [-0.1, -0.05) is 6.92 Å². The van der Waals surface area contributed by atoms with Crippen LogP contribution in [0.25, 0.3) is 0 Å². The SMILES string of the molecule is CCN(CCNC(=O)c1ccc(F)c(C)c1)C1CC1. The van der Waals surface area contributed by atoms with Crippen LogP contribution in [-0.4, -0.2) is 36.5 Å². The Bertz CT molecular complexity index is 457. The number of nitrogens with zero attached hydrogens (tertiary/aromatic N) is 1. The third-order valence-corrected chi connectivity index (χ3v) is 3.57. The van der Waals surface area contributed by atoms with Gasteiger partial charge in [-0.25, -0.2) is 4.39 Å². The predicted molar refractivity (Wildman–Crippen MR) is 73.7 cm³/mol. The zero-order chi connectivity index (χ0) is 13.8. The van der Waals surface area contributed by atoms with Crippen molar-refractivity contribution in [2.45, 2.75) is 32.7 Å². The first-order valence-corrected chi connectivity index (χ1v) is 6.90. The largest absolute Gasteiger partial charge is 0.351 e. The molecule has 1 aromatic carbocycles. The third-order valence-electron chi connectivity index (χ3n) is 3.57. The van der Waals surface area contributed by atoms with E-state index in [9.17, 15) is 9.18 Å². The molecular formula is C15H21FN2O. The Labute approximate surface area is 113 Å². The molecule has 0 saturated heterocycles. The van der Waals surface area contributed by atoms with Crippen molar-refractivity contribution in [2.24, 2.45) is 0 Å². The Morgan fingerprint density at radius 3 is 2.79 bits per heavy atom. The zero-order valence-corrected chi connectivity index (χ0v) is 11.6. The van der Waals surface area contributed by atoms with E-state index >= 15 is 0 Å². The van der Waals surface area contributed by atoms with Crippen LogP contribution in [0.4, 0.5) is 4.39 Å². The topological polar surface area (TPSA) is 32.3 Å². The molecule has 1 aliphatic rings. The maximum absolute atomic E-state index is 13.1. The summed E-state index contributed by atoms with van der Waals surface area (Å²) in [6.45, 7) is 6.35. The Balaban J connectivity index is 1.81. The molecule has 1 fully saturated rings. The van der Waals surface area contributed by atoms with Crippen molar-refractivity contribution in [2.75, 3.05) is 19.6 Å². The van der Waals surface area contributed by atoms with Gasteiger partial charge in [0, 0.05) is 24.7 Å². The van der Waals surface area contributed by atoms with Gasteiger partial charge in [0.2, 0.25) is 0 Å². The van der Waals surface area contributed by atoms with Gasteiger partial charge >= 0.3 is 0 Å². The molecule has 1 N–H and O–H groups in total. The molecule has 1 amide bonds. The van der Waals surface area contributed by atoms with Crippen LogP contribution in [0.1, 0.15) is 35.7 Å². The lowest BCUT2D eigenvalue weighted by Gasteiger charge is -2.19. The van der Waals surface area contributed by atoms with Crippen LogP contribution in [0, 0.1) is 12.7 Å². The van der Waals surface area contributed by atoms with Crippen LogP contribution in [-0.2, 0) is 0 Å². The summed E-state index contributed by atoms with van der Waals surface area (Å²) in [5.41, 5.74) is 1.02. The second kappa shape index (κ2) is 6.15. The van der Waals surface area contributed by atoms with Crippen molar-refractivity contribution in [1.29, 1.82) is 0 Å². The minimum absolute atomic E-state index is 0.130. The number of hydrogen-bond acceptors (Lipinski definition) is 2. The number of nitrogens with one attached hydrogen (secondary N) is 1. The second-order valence-corrected chi connectivity index (χ2v) is 5.08. The summed E-state index contributed by atoms with van der Waals surface area (Å²) in [6.07, 6.45) is 2.55. The maximum Gasteiger partial charge on any atom is 0.251 e. The van der Waals surface area contributed by atoms with E-state index in [1.807, 2.05) is 0 Å². The third kappa shape index (κ3) is 3.77. The minimum Gasteiger partial charge on any atom is -0.351 e. The van der Waals surface area contributed by atoms with Crippen LogP contribution in [0.2, 0.25) is 0 Å². The van der Waals surface area contributed by atoms with E-state index in [0.717, 1.165) is 19.1 Å². The van der Waals surface area contributed by atoms with E-state index in [2.05, 4.69) is 17.1 Å². The maximum atomic E-state index is 13.1. The molecule has 0 radical (unpaired) electrons. The summed E-state index contributed by atoms with van der Waals surface area (Å²) < 4.78 is 13.1. The Hall–Kier alpha value is -1.42. The number of carbonyl (C=O) groups is 1. The molecule has 1 aromatic rings. The Kier molecular flexibility index (Phi) is 4.53. The first-order chi connectivity index (χ1) is 9.11. The lowest BCUT2D eigenvalue weighted by molar-refractivity contribution is 0.0948. The highest BCUT2D eigenvalue weighted by molar-refractivity contribution is 5.94. The van der Waals surface area contributed by atoms with E-state index in [1.54, 1.807) is 13.0 Å². The van der Waals surface area contributed by atoms with Gasteiger partial charge in [0.1, 0.15) is 5.82 Å². The summed E-state index contributed by atoms with van der Waals surface area (Å²) >= 11 is 0. The fraction of sp³-hybridized carbons (Fsp3) is 0.533. The molecule has 1 saturated carbocycles. The average molecular weight is 264 g/mol. The Morgan fingerprint density at radius 2 is 2.21 bits per heavy atom. The smallest absolute Gasteiger partial charge is 0.251 e. The number of benzene rings is 1. The molecule has 0 bridgehead atoms. The second-order valence-electron chi connectivity index (χ2n) is 5.08. The number of likely N-dealkylation sites (N-methyl/N-ethyl adjacent to an activating group) is 1. The van der Waals surface area contributed by atoms with E-state index in [-0.39, 0.29) is 11.7 Å². The Morgan fingerprint density at radius 1 is 1.47 bits per heavy atom. The molecule has 19 heavy (non-hydrogen) atoms. The summed E-state index contributed by atoms with van der Waals surface area (Å²) in [5.74, 6) is -0.405. The average Bonchev–Trinajstić information content (AvgIpc) is 3.22. The van der Waals surface area contributed by atoms with Gasteiger partial charge in [-0.2, -0.15) is 0 Å². The van der Waals surface area contributed by atoms with Crippen LogP contribution < -0.4 is 5.32 Å². The molecule has 4 heteroatoms. The number of halogens is 1. The number of amides is 1. The molecule has 0 atom stereocenters. The molecule has 0 aliphatic heterocycles. The summed E-state index contributed by atoms with van der Waals surface area (Å²) in [7, 11) is 0. The van der Waals surface area contributed by atoms with Gasteiger partial charge in [-0.05, 0) is 50.1 Å². The number of hydrogen-bond donors (Lipinski definition) is 1. The molecule has 0 unspecified atom stereocenters. The predicted octanol–water partition coefficient (Wildman–Crippen LogP) is 2.35. The van der Waals surface area contributed by atoms with E-state index < -0.39 is 0 Å². The van der Waals surface area contributed by atoms with Crippen molar-refractivity contribution in [1.82, 2.24) is 10.2 Å². The van der Waals surface area contributed by atoms with Crippen molar-refractivity contribution in [3.05, 3.63) is 35.1 Å². The number of rotatable bonds is 6. The van der Waals surface area contributed by atoms with Crippen LogP contribution >= 0.6 is 0 Å². The molecule has 3 nitrogen and oxygen atoms in total. The number of aryl methyl sites for hydroxylation is 1. The van der Waals surface area contributed by atoms with Gasteiger partial charge in [-0.15, -0.1) is 0 Å². The molecule has 2 rings (SSSR count). The molecule has 0 heterocycles. The fourth-order valence-electron chi connectivity index (χ4n) is 2.24. The highest BCUT2D eigenvalue weighted by Crippen LogP contribution is 2.25. The lowest BCUT2D eigenvalue weighted by Crippen LogP contribution is -2.36. The monoisotopic (exact) mass is 264 g/mol. The van der Waals surface area contributed by atoms with Gasteiger partial charge in [0.15, 0.2) is 0 Å². The van der Waals surface area contributed by atoms with Crippen molar-refractivity contribution in [3.8, 4) is 0 Å². The van der Waals surface area contributed by atoms with Crippen LogP contribution in [0.15, 0.2) is 18.2 Å². The van der Waals surface area contributed by atoms with Crippen LogP contribution in [0.3, 0.4) is 0 Å². The van der Waals surface area contributed by atoms with Gasteiger partial charge in [-0.3, -0.25) is 9.69 Å². The fourth-order valence-corrected chi connectivity index (χ4v) is 2.24. The quantitative estimate of drug-likeness (QED) is 0.855. The van der Waals surface area contributed by atoms with Crippen molar-refractivity contribution >= 4 is 5.91 Å². The normalized spacial score (nSPS) is 14.7. The molecule has 1 aliphatic carbocycles. The summed E-state index contributed by atoms with van der Waals surface area (Å²) in [4.78, 5) is 14.3. The number of carbonyl (C=O) groups excluding carboxylic acids is 1. The minimum atomic E-state index is -0.276. The summed E-state index contributed by atoms with van der Waals surface area (Å²) in [5, 5.41) is 2.89. The zero-order valence-electron chi connectivity index (χ0n) is 11.6. The van der Waals surface area contributed by atoms with Crippen molar-refractivity contribution in [3.63, 3.8) is 0 Å². The summed E-state index contributed by atoms with van der Waals surface area (Å²) in [6, 6.07) is 5.17. The first-order valence-electron chi connectivity index (χ1n) is 6.90. The lowest BCUT2D eigenvalue weighted by atomic mass is 10.1. The molecular weight excluding hydrogens is 243 g/mol. The standard InChI is InChI=1S/C15H21FN2O/c1-3-18(13-5-6-13)9-8-17-15(19)12-4-7-14(16)11(2)10-12/h4,7,10,13H,3,5-6,8-9H2,1-2H3,(H,17,19).